The number of halogens is 4. The fourth-order valence-electron chi connectivity index (χ4n) is 4.14. The number of hydrogen-bond donors (Lipinski definition) is 0. The van der Waals surface area contributed by atoms with Gasteiger partial charge in [-0.2, -0.15) is 13.2 Å². The van der Waals surface area contributed by atoms with Gasteiger partial charge in [-0.15, -0.1) is 0 Å². The number of alkyl halides is 3. The first-order valence-corrected chi connectivity index (χ1v) is 11.2. The summed E-state index contributed by atoms with van der Waals surface area (Å²) in [7, 11) is 3.09. The minimum absolute atomic E-state index is 0.143. The summed E-state index contributed by atoms with van der Waals surface area (Å²) in [4.78, 5) is 30.4. The van der Waals surface area contributed by atoms with Gasteiger partial charge in [-0.3, -0.25) is 13.9 Å². The molecule has 0 unspecified atom stereocenters. The van der Waals surface area contributed by atoms with Crippen LogP contribution < -0.4 is 16.0 Å². The van der Waals surface area contributed by atoms with E-state index in [0.717, 1.165) is 16.7 Å². The molecule has 0 atom stereocenters. The molecule has 7 nitrogen and oxygen atoms in total. The van der Waals surface area contributed by atoms with Gasteiger partial charge in [-0.25, -0.2) is 9.78 Å². The van der Waals surface area contributed by atoms with Crippen molar-refractivity contribution >= 4 is 22.8 Å². The highest BCUT2D eigenvalue weighted by molar-refractivity contribution is 6.33. The number of nitrogens with zero attached hydrogens (tertiary/aromatic N) is 4. The third-order valence-corrected chi connectivity index (χ3v) is 6.25. The molecule has 0 amide bonds. The maximum atomic E-state index is 13.3. The van der Waals surface area contributed by atoms with E-state index in [1.165, 1.54) is 17.7 Å². The summed E-state index contributed by atoms with van der Waals surface area (Å²) in [6, 6.07) is 7.90. The van der Waals surface area contributed by atoms with Gasteiger partial charge in [0.1, 0.15) is 11.6 Å². The number of methoxy groups -OCH3 is 1. The number of fused-ring (bicyclic) bond motifs is 1. The second kappa shape index (κ2) is 8.92. The monoisotopic (exact) mass is 506 g/mol. The lowest BCUT2D eigenvalue weighted by Crippen LogP contribution is -2.39. The van der Waals surface area contributed by atoms with Crippen molar-refractivity contribution in [2.24, 2.45) is 7.05 Å². The summed E-state index contributed by atoms with van der Waals surface area (Å²) in [6.07, 6.45) is -4.53. The van der Waals surface area contributed by atoms with Gasteiger partial charge in [0.15, 0.2) is 11.2 Å². The van der Waals surface area contributed by atoms with E-state index in [1.807, 2.05) is 0 Å². The van der Waals surface area contributed by atoms with Crippen LogP contribution in [0, 0.1) is 0 Å². The number of rotatable bonds is 5. The lowest BCUT2D eigenvalue weighted by molar-refractivity contribution is -0.137. The molecule has 0 spiro atoms. The molecule has 0 bridgehead atoms. The molecule has 0 fully saturated rings. The molecular formula is C24H22ClF3N4O3. The van der Waals surface area contributed by atoms with Gasteiger partial charge in [0, 0.05) is 30.7 Å². The van der Waals surface area contributed by atoms with Crippen LogP contribution in [0.5, 0.6) is 5.75 Å². The van der Waals surface area contributed by atoms with Gasteiger partial charge in [0.2, 0.25) is 0 Å². The first-order valence-electron chi connectivity index (χ1n) is 10.8. The highest BCUT2D eigenvalue weighted by Crippen LogP contribution is 2.39. The largest absolute Gasteiger partial charge is 0.496 e. The molecule has 0 N–H and O–H groups in total. The van der Waals surface area contributed by atoms with E-state index in [9.17, 15) is 22.8 Å². The number of hydrogen-bond acceptors (Lipinski definition) is 4. The molecule has 2 heterocycles. The van der Waals surface area contributed by atoms with E-state index in [-0.39, 0.29) is 28.3 Å². The van der Waals surface area contributed by atoms with E-state index in [0.29, 0.717) is 29.2 Å². The molecule has 11 heteroatoms. The second-order valence-corrected chi connectivity index (χ2v) is 8.26. The normalized spacial score (nSPS) is 11.9. The van der Waals surface area contributed by atoms with Crippen LogP contribution in [0.25, 0.3) is 33.7 Å². The van der Waals surface area contributed by atoms with Crippen LogP contribution >= 0.6 is 11.6 Å². The molecule has 2 aromatic heterocycles. The Morgan fingerprint density at radius 2 is 1.69 bits per heavy atom. The molecule has 0 saturated heterocycles. The molecule has 0 aliphatic heterocycles. The van der Waals surface area contributed by atoms with E-state index < -0.39 is 23.0 Å². The first kappa shape index (κ1) is 24.6. The predicted octanol–water partition coefficient (Wildman–Crippen LogP) is 4.95. The molecule has 0 aliphatic carbocycles. The van der Waals surface area contributed by atoms with E-state index in [1.54, 1.807) is 43.7 Å². The van der Waals surface area contributed by atoms with Crippen molar-refractivity contribution in [3.63, 3.8) is 0 Å². The fraction of sp³-hybridized carbons (Fsp3) is 0.292. The highest BCUT2D eigenvalue weighted by atomic mass is 35.5. The van der Waals surface area contributed by atoms with Crippen LogP contribution in [0.3, 0.4) is 0 Å². The summed E-state index contributed by atoms with van der Waals surface area (Å²) in [5.41, 5.74) is -0.310. The van der Waals surface area contributed by atoms with Crippen LogP contribution in [0.1, 0.15) is 19.4 Å². The third kappa shape index (κ3) is 4.01. The van der Waals surface area contributed by atoms with Crippen molar-refractivity contribution in [1.29, 1.82) is 0 Å². The summed E-state index contributed by atoms with van der Waals surface area (Å²) in [5.74, 6) is 0.700. The van der Waals surface area contributed by atoms with E-state index in [4.69, 9.17) is 16.3 Å². The Hall–Kier alpha value is -3.53. The van der Waals surface area contributed by atoms with Crippen molar-refractivity contribution in [2.45, 2.75) is 33.1 Å². The van der Waals surface area contributed by atoms with Gasteiger partial charge >= 0.3 is 11.9 Å². The standard InChI is InChI=1S/C24H22ClF3N4O3/c1-5-31-21-19(22(33)32(6-2)23(31)34)30(3)20(29-21)16-11-13(7-10-18(16)35-4)15-12-14(24(26,27)28)8-9-17(15)25/h7-12H,5-6H2,1-4H3. The summed E-state index contributed by atoms with van der Waals surface area (Å²) in [5, 5.41) is 0.143. The van der Waals surface area contributed by atoms with Crippen molar-refractivity contribution < 1.29 is 17.9 Å². The molecular weight excluding hydrogens is 485 g/mol. The highest BCUT2D eigenvalue weighted by Gasteiger charge is 2.31. The maximum absolute atomic E-state index is 13.3. The zero-order valence-electron chi connectivity index (χ0n) is 19.4. The SMILES string of the molecule is CCn1c(=O)c2c(nc(-c3cc(-c4cc(C(F)(F)F)ccc4Cl)ccc3OC)n2C)n(CC)c1=O. The zero-order valence-corrected chi connectivity index (χ0v) is 20.2. The van der Waals surface area contributed by atoms with Gasteiger partial charge in [-0.1, -0.05) is 17.7 Å². The van der Waals surface area contributed by atoms with Crippen LogP contribution in [0.4, 0.5) is 13.2 Å². The Morgan fingerprint density at radius 1 is 1.00 bits per heavy atom. The zero-order chi connectivity index (χ0) is 25.7. The van der Waals surface area contributed by atoms with Crippen molar-refractivity contribution in [3.8, 4) is 28.3 Å². The van der Waals surface area contributed by atoms with Crippen molar-refractivity contribution in [1.82, 2.24) is 18.7 Å². The van der Waals surface area contributed by atoms with Gasteiger partial charge in [0.05, 0.1) is 18.2 Å². The number of benzene rings is 2. The van der Waals surface area contributed by atoms with Gasteiger partial charge in [-0.05, 0) is 49.7 Å². The summed E-state index contributed by atoms with van der Waals surface area (Å²) >= 11 is 6.26. The van der Waals surface area contributed by atoms with Gasteiger partial charge in [0.25, 0.3) is 5.56 Å². The summed E-state index contributed by atoms with van der Waals surface area (Å²) in [6.45, 7) is 3.97. The Kier molecular flexibility index (Phi) is 6.27. The number of aromatic nitrogens is 4. The number of aryl methyl sites for hydroxylation is 2. The van der Waals surface area contributed by atoms with Crippen LogP contribution in [0.2, 0.25) is 5.02 Å². The van der Waals surface area contributed by atoms with E-state index >= 15 is 0 Å². The Balaban J connectivity index is 2.02. The second-order valence-electron chi connectivity index (χ2n) is 7.85. The molecule has 2 aromatic carbocycles. The molecule has 4 aromatic rings. The molecule has 4 rings (SSSR count). The maximum Gasteiger partial charge on any atom is 0.416 e. The lowest BCUT2D eigenvalue weighted by Gasteiger charge is -2.14. The molecule has 35 heavy (non-hydrogen) atoms. The number of ether oxygens (including phenoxy) is 1. The Labute approximate surface area is 203 Å². The fourth-order valence-corrected chi connectivity index (χ4v) is 4.37. The topological polar surface area (TPSA) is 71.1 Å². The molecule has 0 aliphatic rings. The first-order chi connectivity index (χ1) is 16.5. The van der Waals surface area contributed by atoms with Crippen molar-refractivity contribution in [2.75, 3.05) is 7.11 Å². The molecule has 0 saturated carbocycles. The lowest BCUT2D eigenvalue weighted by atomic mass is 9.99. The summed E-state index contributed by atoms with van der Waals surface area (Å²) < 4.78 is 49.5. The van der Waals surface area contributed by atoms with Crippen LogP contribution in [-0.2, 0) is 26.3 Å². The Morgan fingerprint density at radius 3 is 2.29 bits per heavy atom. The van der Waals surface area contributed by atoms with Gasteiger partial charge < -0.3 is 9.30 Å². The average Bonchev–Trinajstić information content (AvgIpc) is 3.15. The van der Waals surface area contributed by atoms with E-state index in [2.05, 4.69) is 4.98 Å². The quantitative estimate of drug-likeness (QED) is 0.384. The molecule has 184 valence electrons. The minimum Gasteiger partial charge on any atom is -0.496 e. The van der Waals surface area contributed by atoms with Crippen LogP contribution in [0.15, 0.2) is 46.0 Å². The minimum atomic E-state index is -4.53. The predicted molar refractivity (Wildman–Crippen MR) is 128 cm³/mol. The average molecular weight is 507 g/mol. The smallest absolute Gasteiger partial charge is 0.416 e. The number of imidazole rings is 1. The Bertz CT molecular complexity index is 1570. The van der Waals surface area contributed by atoms with Crippen LogP contribution in [-0.4, -0.2) is 25.8 Å². The van der Waals surface area contributed by atoms with Crippen molar-refractivity contribution in [3.05, 3.63) is 67.8 Å². The molecule has 0 radical (unpaired) electrons. The third-order valence-electron chi connectivity index (χ3n) is 5.92.